The number of ketones is 1. The molecule has 0 saturated heterocycles. The molecule has 2 N–H and O–H groups in total. The van der Waals surface area contributed by atoms with Gasteiger partial charge in [0.15, 0.2) is 5.78 Å². The van der Waals surface area contributed by atoms with Crippen LogP contribution in [0.2, 0.25) is 0 Å². The zero-order valence-corrected chi connectivity index (χ0v) is 11.1. The van der Waals surface area contributed by atoms with Crippen molar-refractivity contribution in [2.45, 2.75) is 19.9 Å². The number of aromatic nitrogens is 2. The fraction of sp³-hybridized carbons (Fsp3) is 0.286. The second kappa shape index (κ2) is 5.56. The first kappa shape index (κ1) is 13.1. The van der Waals surface area contributed by atoms with E-state index in [1.807, 2.05) is 0 Å². The SMILES string of the molecule is CCCn1cc(C(=O)c2ccc(OC)cc2N)cn1. The normalized spacial score (nSPS) is 10.4. The Labute approximate surface area is 112 Å². The fourth-order valence-electron chi connectivity index (χ4n) is 1.86. The van der Waals surface area contributed by atoms with E-state index >= 15 is 0 Å². The predicted octanol–water partition coefficient (Wildman–Crippen LogP) is 2.11. The Morgan fingerprint density at radius 1 is 1.47 bits per heavy atom. The number of anilines is 1. The smallest absolute Gasteiger partial charge is 0.198 e. The van der Waals surface area contributed by atoms with Gasteiger partial charge in [-0.2, -0.15) is 5.10 Å². The highest BCUT2D eigenvalue weighted by molar-refractivity contribution is 6.11. The number of methoxy groups -OCH3 is 1. The van der Waals surface area contributed by atoms with Crippen molar-refractivity contribution in [3.63, 3.8) is 0 Å². The van der Waals surface area contributed by atoms with Crippen molar-refractivity contribution >= 4 is 11.5 Å². The third-order valence-electron chi connectivity index (χ3n) is 2.85. The van der Waals surface area contributed by atoms with Crippen LogP contribution in [-0.2, 0) is 6.54 Å². The maximum absolute atomic E-state index is 12.3. The van der Waals surface area contributed by atoms with Crippen LogP contribution in [0, 0.1) is 0 Å². The number of hydrogen-bond donors (Lipinski definition) is 1. The number of nitrogens with two attached hydrogens (primary N) is 1. The molecule has 0 spiro atoms. The van der Waals surface area contributed by atoms with Gasteiger partial charge in [0.05, 0.1) is 18.9 Å². The minimum Gasteiger partial charge on any atom is -0.497 e. The number of aryl methyl sites for hydroxylation is 1. The third kappa shape index (κ3) is 2.76. The van der Waals surface area contributed by atoms with Crippen molar-refractivity contribution in [1.29, 1.82) is 0 Å². The van der Waals surface area contributed by atoms with E-state index in [0.29, 0.717) is 22.6 Å². The van der Waals surface area contributed by atoms with E-state index in [2.05, 4.69) is 12.0 Å². The summed E-state index contributed by atoms with van der Waals surface area (Å²) in [5.74, 6) is 0.512. The van der Waals surface area contributed by atoms with Crippen LogP contribution >= 0.6 is 0 Å². The standard InChI is InChI=1S/C14H17N3O2/c1-3-6-17-9-10(8-16-17)14(18)12-5-4-11(19-2)7-13(12)15/h4-5,7-9H,3,6,15H2,1-2H3. The number of ether oxygens (including phenoxy) is 1. The summed E-state index contributed by atoms with van der Waals surface area (Å²) >= 11 is 0. The van der Waals surface area contributed by atoms with E-state index in [0.717, 1.165) is 13.0 Å². The Bertz CT molecular complexity index is 590. The lowest BCUT2D eigenvalue weighted by atomic mass is 10.0. The molecule has 2 aromatic rings. The highest BCUT2D eigenvalue weighted by Crippen LogP contribution is 2.22. The molecule has 5 nitrogen and oxygen atoms in total. The molecule has 0 radical (unpaired) electrons. The van der Waals surface area contributed by atoms with Crippen molar-refractivity contribution in [2.24, 2.45) is 0 Å². The van der Waals surface area contributed by atoms with Crippen LogP contribution in [0.1, 0.15) is 29.3 Å². The maximum atomic E-state index is 12.3. The van der Waals surface area contributed by atoms with Crippen LogP contribution in [0.3, 0.4) is 0 Å². The highest BCUT2D eigenvalue weighted by Gasteiger charge is 2.14. The zero-order valence-electron chi connectivity index (χ0n) is 11.1. The van der Waals surface area contributed by atoms with Gasteiger partial charge in [-0.15, -0.1) is 0 Å². The van der Waals surface area contributed by atoms with Crippen LogP contribution < -0.4 is 10.5 Å². The van der Waals surface area contributed by atoms with Gasteiger partial charge < -0.3 is 10.5 Å². The van der Waals surface area contributed by atoms with Gasteiger partial charge in [-0.3, -0.25) is 9.48 Å². The molecule has 0 fully saturated rings. The molecule has 0 aliphatic heterocycles. The minimum atomic E-state index is -0.123. The molecule has 2 rings (SSSR count). The molecule has 1 aromatic carbocycles. The number of nitrogen functional groups attached to an aromatic ring is 1. The van der Waals surface area contributed by atoms with Crippen LogP contribution in [-0.4, -0.2) is 22.7 Å². The van der Waals surface area contributed by atoms with E-state index in [9.17, 15) is 4.79 Å². The Morgan fingerprint density at radius 2 is 2.26 bits per heavy atom. The van der Waals surface area contributed by atoms with Crippen molar-refractivity contribution in [3.05, 3.63) is 41.7 Å². The van der Waals surface area contributed by atoms with E-state index in [1.165, 1.54) is 0 Å². The molecular weight excluding hydrogens is 242 g/mol. The van der Waals surface area contributed by atoms with Gasteiger partial charge in [-0.1, -0.05) is 6.92 Å². The minimum absolute atomic E-state index is 0.123. The second-order valence-electron chi connectivity index (χ2n) is 4.27. The topological polar surface area (TPSA) is 70.1 Å². The third-order valence-corrected chi connectivity index (χ3v) is 2.85. The van der Waals surface area contributed by atoms with Crippen LogP contribution in [0.25, 0.3) is 0 Å². The van der Waals surface area contributed by atoms with E-state index in [4.69, 9.17) is 10.5 Å². The van der Waals surface area contributed by atoms with E-state index in [1.54, 1.807) is 42.4 Å². The number of nitrogens with zero attached hydrogens (tertiary/aromatic N) is 2. The molecule has 0 unspecified atom stereocenters. The Balaban J connectivity index is 2.27. The van der Waals surface area contributed by atoms with Gasteiger partial charge in [-0.05, 0) is 18.6 Å². The molecule has 19 heavy (non-hydrogen) atoms. The summed E-state index contributed by atoms with van der Waals surface area (Å²) < 4.78 is 6.82. The van der Waals surface area contributed by atoms with Crippen LogP contribution in [0.5, 0.6) is 5.75 Å². The maximum Gasteiger partial charge on any atom is 0.198 e. The first-order valence-corrected chi connectivity index (χ1v) is 6.16. The second-order valence-corrected chi connectivity index (χ2v) is 4.27. The number of carbonyl (C=O) groups is 1. The Hall–Kier alpha value is -2.30. The lowest BCUT2D eigenvalue weighted by Crippen LogP contribution is -2.05. The first-order valence-electron chi connectivity index (χ1n) is 6.16. The largest absolute Gasteiger partial charge is 0.497 e. The summed E-state index contributed by atoms with van der Waals surface area (Å²) in [6.07, 6.45) is 4.29. The van der Waals surface area contributed by atoms with E-state index < -0.39 is 0 Å². The first-order chi connectivity index (χ1) is 9.15. The fourth-order valence-corrected chi connectivity index (χ4v) is 1.86. The molecule has 5 heteroatoms. The van der Waals surface area contributed by atoms with Crippen molar-refractivity contribution in [1.82, 2.24) is 9.78 Å². The highest BCUT2D eigenvalue weighted by atomic mass is 16.5. The molecule has 1 aromatic heterocycles. The number of carbonyl (C=O) groups excluding carboxylic acids is 1. The molecule has 0 atom stereocenters. The van der Waals surface area contributed by atoms with Crippen LogP contribution in [0.15, 0.2) is 30.6 Å². The average molecular weight is 259 g/mol. The van der Waals surface area contributed by atoms with Gasteiger partial charge in [0.2, 0.25) is 0 Å². The number of rotatable bonds is 5. The van der Waals surface area contributed by atoms with Gasteiger partial charge in [0.1, 0.15) is 5.75 Å². The number of hydrogen-bond acceptors (Lipinski definition) is 4. The van der Waals surface area contributed by atoms with E-state index in [-0.39, 0.29) is 5.78 Å². The summed E-state index contributed by atoms with van der Waals surface area (Å²) in [6.45, 7) is 2.86. The monoisotopic (exact) mass is 259 g/mol. The van der Waals surface area contributed by atoms with Gasteiger partial charge >= 0.3 is 0 Å². The molecule has 1 heterocycles. The van der Waals surface area contributed by atoms with Crippen molar-refractivity contribution in [3.8, 4) is 5.75 Å². The zero-order chi connectivity index (χ0) is 13.8. The molecule has 0 aliphatic carbocycles. The van der Waals surface area contributed by atoms with Gasteiger partial charge in [0.25, 0.3) is 0 Å². The Morgan fingerprint density at radius 3 is 2.89 bits per heavy atom. The Kier molecular flexibility index (Phi) is 3.85. The molecule has 0 aliphatic rings. The summed E-state index contributed by atoms with van der Waals surface area (Å²) in [5.41, 5.74) is 7.30. The summed E-state index contributed by atoms with van der Waals surface area (Å²) in [7, 11) is 1.56. The summed E-state index contributed by atoms with van der Waals surface area (Å²) in [4.78, 5) is 12.3. The molecule has 100 valence electrons. The van der Waals surface area contributed by atoms with Gasteiger partial charge in [0, 0.05) is 30.1 Å². The summed E-state index contributed by atoms with van der Waals surface area (Å²) in [6, 6.07) is 5.04. The quantitative estimate of drug-likeness (QED) is 0.659. The summed E-state index contributed by atoms with van der Waals surface area (Å²) in [5, 5.41) is 4.15. The molecule has 0 bridgehead atoms. The lowest BCUT2D eigenvalue weighted by molar-refractivity contribution is 0.103. The van der Waals surface area contributed by atoms with Crippen LogP contribution in [0.4, 0.5) is 5.69 Å². The van der Waals surface area contributed by atoms with Gasteiger partial charge in [-0.25, -0.2) is 0 Å². The average Bonchev–Trinajstić information content (AvgIpc) is 2.87. The number of benzene rings is 1. The molecular formula is C14H17N3O2. The molecule has 0 amide bonds. The molecule has 0 saturated carbocycles. The predicted molar refractivity (Wildman–Crippen MR) is 73.4 cm³/mol. The lowest BCUT2D eigenvalue weighted by Gasteiger charge is -2.05. The van der Waals surface area contributed by atoms with Crippen molar-refractivity contribution < 1.29 is 9.53 Å². The van der Waals surface area contributed by atoms with Crippen molar-refractivity contribution in [2.75, 3.05) is 12.8 Å².